The first kappa shape index (κ1) is 31.1. The topological polar surface area (TPSA) is 85.2 Å². The van der Waals surface area contributed by atoms with Gasteiger partial charge in [-0.2, -0.15) is 0 Å². The van der Waals surface area contributed by atoms with Crippen molar-refractivity contribution in [3.63, 3.8) is 0 Å². The number of carbonyl (C=O) groups excluding carboxylic acids is 1. The van der Waals surface area contributed by atoms with E-state index in [0.29, 0.717) is 17.8 Å². The van der Waals surface area contributed by atoms with Crippen LogP contribution in [0.1, 0.15) is 120 Å². The molecule has 0 spiro atoms. The Morgan fingerprint density at radius 1 is 0.897 bits per heavy atom. The Morgan fingerprint density at radius 2 is 1.54 bits per heavy atom. The summed E-state index contributed by atoms with van der Waals surface area (Å²) in [5.41, 5.74) is -0.898. The molecule has 0 aromatic rings. The summed E-state index contributed by atoms with van der Waals surface area (Å²) in [7, 11) is 3.22. The van der Waals surface area contributed by atoms with Crippen LogP contribution in [0.25, 0.3) is 0 Å². The van der Waals surface area contributed by atoms with Crippen molar-refractivity contribution in [2.75, 3.05) is 14.2 Å². The molecule has 39 heavy (non-hydrogen) atoms. The van der Waals surface area contributed by atoms with Crippen LogP contribution in [0.15, 0.2) is 0 Å². The van der Waals surface area contributed by atoms with Gasteiger partial charge in [0.15, 0.2) is 0 Å². The molecule has 10 atom stereocenters. The summed E-state index contributed by atoms with van der Waals surface area (Å²) in [6.07, 6.45) is 8.61. The normalized spacial score (nSPS) is 44.9. The zero-order chi connectivity index (χ0) is 29.2. The van der Waals surface area contributed by atoms with E-state index in [4.69, 9.17) is 14.2 Å². The molecule has 4 aliphatic rings. The summed E-state index contributed by atoms with van der Waals surface area (Å²) in [5, 5.41) is 22.3. The van der Waals surface area contributed by atoms with E-state index in [2.05, 4.69) is 41.5 Å². The number of rotatable bonds is 7. The Bertz CT molecular complexity index is 910. The standard InChI is InChI=1S/C33H58O6/c1-28(2,36)15-11-16-33(8,38-10)21-12-18-32(7)26(21)22(34)20-24-30(5)17-14-25(39-27(35)37-9)29(3,4)23(30)13-19-31(24,32)6/h21-26,34,36H,11-20H2,1-10H3/t21-,22+,23-,24+,25-,26-,30-,31+,32+,33+/m0/s1. The van der Waals surface area contributed by atoms with Crippen LogP contribution >= 0.6 is 0 Å². The molecule has 6 heteroatoms. The van der Waals surface area contributed by atoms with E-state index in [1.807, 2.05) is 21.0 Å². The second-order valence-electron chi connectivity index (χ2n) is 16.1. The van der Waals surface area contributed by atoms with Gasteiger partial charge in [0.25, 0.3) is 0 Å². The Kier molecular flexibility index (Phi) is 8.09. The van der Waals surface area contributed by atoms with Crippen molar-refractivity contribution in [1.82, 2.24) is 0 Å². The lowest BCUT2D eigenvalue weighted by Gasteiger charge is -2.70. The second kappa shape index (κ2) is 10.2. The Balaban J connectivity index is 1.62. The van der Waals surface area contributed by atoms with E-state index in [1.54, 1.807) is 0 Å². The fraction of sp³-hybridized carbons (Fsp3) is 0.970. The summed E-state index contributed by atoms with van der Waals surface area (Å²) in [6.45, 7) is 18.1. The highest BCUT2D eigenvalue weighted by atomic mass is 16.7. The van der Waals surface area contributed by atoms with Gasteiger partial charge in [0.2, 0.25) is 0 Å². The SMILES string of the molecule is COC(=O)O[C@H]1CC[C@]2(C)[C@H]3C[C@@H](O)[C@@H]4[C@@H]([C@@](C)(CCCC(C)(C)O)OC)CC[C@@]4(C)[C@]3(C)CC[C@H]2C1(C)C. The third kappa shape index (κ3) is 4.86. The van der Waals surface area contributed by atoms with Crippen LogP contribution in [0.2, 0.25) is 0 Å². The molecule has 4 saturated carbocycles. The molecular formula is C33H58O6. The summed E-state index contributed by atoms with van der Waals surface area (Å²) in [6, 6.07) is 0. The average Bonchev–Trinajstić information content (AvgIpc) is 3.22. The Morgan fingerprint density at radius 3 is 2.13 bits per heavy atom. The minimum Gasteiger partial charge on any atom is -0.438 e. The van der Waals surface area contributed by atoms with Gasteiger partial charge in [-0.3, -0.25) is 0 Å². The first-order chi connectivity index (χ1) is 17.9. The third-order valence-electron chi connectivity index (χ3n) is 13.4. The Labute approximate surface area is 237 Å². The lowest BCUT2D eigenvalue weighted by atomic mass is 9.35. The number of carbonyl (C=O) groups is 1. The summed E-state index contributed by atoms with van der Waals surface area (Å²) in [5.74, 6) is 1.34. The third-order valence-corrected chi connectivity index (χ3v) is 13.4. The van der Waals surface area contributed by atoms with Crippen LogP contribution < -0.4 is 0 Å². The number of ether oxygens (including phenoxy) is 3. The number of methoxy groups -OCH3 is 2. The van der Waals surface area contributed by atoms with Crippen LogP contribution in [0.3, 0.4) is 0 Å². The van der Waals surface area contributed by atoms with Gasteiger partial charge in [-0.05, 0) is 125 Å². The van der Waals surface area contributed by atoms with Crippen LogP contribution in [0.5, 0.6) is 0 Å². The molecule has 0 aliphatic heterocycles. The molecule has 0 amide bonds. The summed E-state index contributed by atoms with van der Waals surface area (Å²) >= 11 is 0. The summed E-state index contributed by atoms with van der Waals surface area (Å²) in [4.78, 5) is 12.0. The van der Waals surface area contributed by atoms with Crippen molar-refractivity contribution in [3.05, 3.63) is 0 Å². The van der Waals surface area contributed by atoms with Crippen molar-refractivity contribution < 1.29 is 29.2 Å². The largest absolute Gasteiger partial charge is 0.508 e. The van der Waals surface area contributed by atoms with Gasteiger partial charge >= 0.3 is 6.16 Å². The number of fused-ring (bicyclic) bond motifs is 5. The number of aliphatic hydroxyl groups excluding tert-OH is 1. The highest BCUT2D eigenvalue weighted by molar-refractivity contribution is 5.60. The smallest absolute Gasteiger partial charge is 0.438 e. The molecule has 4 fully saturated rings. The zero-order valence-electron chi connectivity index (χ0n) is 26.6. The summed E-state index contributed by atoms with van der Waals surface area (Å²) < 4.78 is 16.9. The maximum absolute atomic E-state index is 12.0. The Hall–Kier alpha value is -0.850. The van der Waals surface area contributed by atoms with Gasteiger partial charge < -0.3 is 24.4 Å². The van der Waals surface area contributed by atoms with Crippen molar-refractivity contribution in [2.24, 2.45) is 45.3 Å². The van der Waals surface area contributed by atoms with Crippen LogP contribution in [-0.2, 0) is 14.2 Å². The van der Waals surface area contributed by atoms with Gasteiger partial charge in [-0.1, -0.05) is 34.6 Å². The molecule has 0 heterocycles. The fourth-order valence-electron chi connectivity index (χ4n) is 11.1. The molecule has 2 N–H and O–H groups in total. The fourth-order valence-corrected chi connectivity index (χ4v) is 11.1. The first-order valence-corrected chi connectivity index (χ1v) is 15.6. The average molecular weight is 551 g/mol. The molecule has 0 aromatic heterocycles. The van der Waals surface area contributed by atoms with E-state index in [1.165, 1.54) is 7.11 Å². The van der Waals surface area contributed by atoms with Gasteiger partial charge in [0, 0.05) is 12.5 Å². The molecule has 0 bridgehead atoms. The number of hydrogen-bond acceptors (Lipinski definition) is 6. The van der Waals surface area contributed by atoms with Crippen molar-refractivity contribution >= 4 is 6.16 Å². The van der Waals surface area contributed by atoms with Gasteiger partial charge in [0.05, 0.1) is 24.4 Å². The molecular weight excluding hydrogens is 492 g/mol. The molecule has 0 saturated heterocycles. The second-order valence-corrected chi connectivity index (χ2v) is 16.1. The van der Waals surface area contributed by atoms with Crippen LogP contribution in [0.4, 0.5) is 4.79 Å². The molecule has 4 aliphatic carbocycles. The van der Waals surface area contributed by atoms with Crippen molar-refractivity contribution in [2.45, 2.75) is 143 Å². The minimum absolute atomic E-state index is 0.0352. The number of aliphatic hydroxyl groups is 2. The lowest BCUT2D eigenvalue weighted by Crippen LogP contribution is -2.66. The van der Waals surface area contributed by atoms with E-state index >= 15 is 0 Å². The monoisotopic (exact) mass is 550 g/mol. The molecule has 4 rings (SSSR count). The lowest BCUT2D eigenvalue weighted by molar-refractivity contribution is -0.248. The maximum atomic E-state index is 12.0. The number of hydrogen-bond donors (Lipinski definition) is 2. The predicted octanol–water partition coefficient (Wildman–Crippen LogP) is 7.14. The molecule has 0 aromatic carbocycles. The minimum atomic E-state index is -0.674. The van der Waals surface area contributed by atoms with E-state index in [9.17, 15) is 15.0 Å². The van der Waals surface area contributed by atoms with E-state index in [-0.39, 0.29) is 45.4 Å². The van der Waals surface area contributed by atoms with Crippen LogP contribution in [-0.4, -0.2) is 54.0 Å². The quantitative estimate of drug-likeness (QED) is 0.328. The van der Waals surface area contributed by atoms with Crippen molar-refractivity contribution in [1.29, 1.82) is 0 Å². The highest BCUT2D eigenvalue weighted by Crippen LogP contribution is 2.76. The molecule has 0 radical (unpaired) electrons. The highest BCUT2D eigenvalue weighted by Gasteiger charge is 2.71. The van der Waals surface area contributed by atoms with Gasteiger partial charge in [-0.15, -0.1) is 0 Å². The molecule has 226 valence electrons. The van der Waals surface area contributed by atoms with Crippen LogP contribution in [0, 0.1) is 45.3 Å². The van der Waals surface area contributed by atoms with Crippen molar-refractivity contribution in [3.8, 4) is 0 Å². The van der Waals surface area contributed by atoms with Gasteiger partial charge in [0.1, 0.15) is 6.10 Å². The van der Waals surface area contributed by atoms with E-state index < -0.39 is 11.8 Å². The van der Waals surface area contributed by atoms with Gasteiger partial charge in [-0.25, -0.2) is 4.79 Å². The molecule has 0 unspecified atom stereocenters. The van der Waals surface area contributed by atoms with E-state index in [0.717, 1.165) is 64.2 Å². The predicted molar refractivity (Wildman–Crippen MR) is 153 cm³/mol. The first-order valence-electron chi connectivity index (χ1n) is 15.6. The molecule has 6 nitrogen and oxygen atoms in total. The maximum Gasteiger partial charge on any atom is 0.508 e. The zero-order valence-corrected chi connectivity index (χ0v) is 26.6.